The lowest BCUT2D eigenvalue weighted by molar-refractivity contribution is -0.178. The summed E-state index contributed by atoms with van der Waals surface area (Å²) in [5.41, 5.74) is -0.152. The lowest BCUT2D eigenvalue weighted by Gasteiger charge is -2.61. The average molecular weight is 501 g/mol. The number of oxime groups is 1. The Labute approximate surface area is 215 Å². The van der Waals surface area contributed by atoms with Gasteiger partial charge in [-0.25, -0.2) is 0 Å². The molecule has 1 amide bonds. The van der Waals surface area contributed by atoms with E-state index >= 15 is 0 Å². The summed E-state index contributed by atoms with van der Waals surface area (Å²) < 4.78 is 0. The third kappa shape index (κ3) is 4.36. The van der Waals surface area contributed by atoms with Gasteiger partial charge >= 0.3 is 0 Å². The topological polar surface area (TPSA) is 108 Å². The zero-order valence-electron chi connectivity index (χ0n) is 22.5. The highest BCUT2D eigenvalue weighted by Gasteiger charge is 2.68. The highest BCUT2D eigenvalue weighted by atomic mass is 16.6. The minimum Gasteiger partial charge on any atom is -0.395 e. The van der Waals surface area contributed by atoms with Gasteiger partial charge in [-0.1, -0.05) is 44.5 Å². The summed E-state index contributed by atoms with van der Waals surface area (Å²) >= 11 is 0. The van der Waals surface area contributed by atoms with Crippen LogP contribution in [0.1, 0.15) is 79.6 Å². The van der Waals surface area contributed by atoms with Gasteiger partial charge in [0.2, 0.25) is 5.91 Å². The van der Waals surface area contributed by atoms with Gasteiger partial charge in [-0.3, -0.25) is 9.59 Å². The number of carbonyl (C=O) groups is 2. The molecule has 4 aliphatic carbocycles. The standard InChI is InChI=1S/C29H44N2O5/c1-6-25(34)29(35)12-10-22-21-15-18(2)23-16-20(31-36-14-8-7-13-30-19(3)32)9-11-27(23,4)26(21)24(33)17-28(22,29)5/h9,11,16,18,21-22,24,26,33,35H,6-8,10,12-15,17H2,1-5H3,(H,30,32)/b31-20-/t18-,21-,22-,24-,26+,27-,28-,29-/m0/s1. The second-order valence-electron chi connectivity index (χ2n) is 12.1. The van der Waals surface area contributed by atoms with Crippen LogP contribution < -0.4 is 5.32 Å². The molecule has 3 saturated carbocycles. The number of carbonyl (C=O) groups excluding carboxylic acids is 2. The quantitative estimate of drug-likeness (QED) is 0.346. The molecule has 200 valence electrons. The van der Waals surface area contributed by atoms with Crippen molar-refractivity contribution in [1.82, 2.24) is 5.32 Å². The Morgan fingerprint density at radius 2 is 2.03 bits per heavy atom. The fourth-order valence-electron chi connectivity index (χ4n) is 8.25. The van der Waals surface area contributed by atoms with Crippen LogP contribution in [0.5, 0.6) is 0 Å². The molecule has 0 radical (unpaired) electrons. The Bertz CT molecular complexity index is 973. The van der Waals surface area contributed by atoms with E-state index in [9.17, 15) is 19.8 Å². The van der Waals surface area contributed by atoms with Crippen LogP contribution in [0.3, 0.4) is 0 Å². The number of nitrogens with zero attached hydrogens (tertiary/aromatic N) is 1. The Morgan fingerprint density at radius 3 is 2.72 bits per heavy atom. The highest BCUT2D eigenvalue weighted by Crippen LogP contribution is 2.67. The van der Waals surface area contributed by atoms with Gasteiger partial charge in [0.1, 0.15) is 17.9 Å². The molecule has 7 heteroatoms. The van der Waals surface area contributed by atoms with Crippen LogP contribution in [0.25, 0.3) is 0 Å². The summed E-state index contributed by atoms with van der Waals surface area (Å²) in [5, 5.41) is 30.3. The first-order valence-electron chi connectivity index (χ1n) is 13.8. The number of Topliss-reactive ketones (excluding diaryl/α,β-unsaturated/α-hetero) is 1. The average Bonchev–Trinajstić information content (AvgIpc) is 3.09. The van der Waals surface area contributed by atoms with Gasteiger partial charge < -0.3 is 20.4 Å². The van der Waals surface area contributed by atoms with E-state index in [2.05, 4.69) is 36.5 Å². The van der Waals surface area contributed by atoms with Gasteiger partial charge in [0, 0.05) is 36.6 Å². The van der Waals surface area contributed by atoms with Crippen molar-refractivity contribution < 1.29 is 24.6 Å². The van der Waals surface area contributed by atoms with Crippen molar-refractivity contribution in [1.29, 1.82) is 0 Å². The minimum atomic E-state index is -1.33. The zero-order valence-corrected chi connectivity index (χ0v) is 22.5. The van der Waals surface area contributed by atoms with E-state index in [4.69, 9.17) is 4.84 Å². The lowest BCUT2D eigenvalue weighted by Crippen LogP contribution is -2.62. The third-order valence-electron chi connectivity index (χ3n) is 9.97. The van der Waals surface area contributed by atoms with Crippen molar-refractivity contribution in [3.63, 3.8) is 0 Å². The van der Waals surface area contributed by atoms with Gasteiger partial charge in [0.05, 0.1) is 6.10 Å². The molecule has 0 aromatic rings. The molecule has 0 aromatic heterocycles. The highest BCUT2D eigenvalue weighted by molar-refractivity contribution is 6.05. The first-order chi connectivity index (χ1) is 17.0. The summed E-state index contributed by atoms with van der Waals surface area (Å²) in [6.45, 7) is 11.0. The maximum atomic E-state index is 12.8. The summed E-state index contributed by atoms with van der Waals surface area (Å²) in [4.78, 5) is 29.3. The number of hydrogen-bond donors (Lipinski definition) is 3. The van der Waals surface area contributed by atoms with Crippen LogP contribution in [0.4, 0.5) is 0 Å². The smallest absolute Gasteiger partial charge is 0.216 e. The molecule has 8 atom stereocenters. The van der Waals surface area contributed by atoms with Crippen LogP contribution in [-0.2, 0) is 14.4 Å². The van der Waals surface area contributed by atoms with E-state index in [0.29, 0.717) is 38.3 Å². The molecule has 4 aliphatic rings. The Balaban J connectivity index is 1.50. The van der Waals surface area contributed by atoms with Crippen LogP contribution in [0, 0.1) is 34.5 Å². The lowest BCUT2D eigenvalue weighted by atomic mass is 9.44. The van der Waals surface area contributed by atoms with E-state index in [1.165, 1.54) is 12.5 Å². The number of aliphatic hydroxyl groups excluding tert-OH is 1. The molecule has 0 heterocycles. The minimum absolute atomic E-state index is 0.0206. The van der Waals surface area contributed by atoms with Crippen molar-refractivity contribution >= 4 is 17.4 Å². The van der Waals surface area contributed by atoms with Gasteiger partial charge in [0.25, 0.3) is 0 Å². The van der Waals surface area contributed by atoms with Gasteiger partial charge in [-0.15, -0.1) is 0 Å². The Hall–Kier alpha value is -1.99. The predicted molar refractivity (Wildman–Crippen MR) is 139 cm³/mol. The van der Waals surface area contributed by atoms with Gasteiger partial charge in [-0.2, -0.15) is 0 Å². The number of aliphatic hydroxyl groups is 2. The molecule has 7 nitrogen and oxygen atoms in total. The predicted octanol–water partition coefficient (Wildman–Crippen LogP) is 3.94. The Morgan fingerprint density at radius 1 is 1.28 bits per heavy atom. The van der Waals surface area contributed by atoms with Crippen molar-refractivity contribution in [2.24, 2.45) is 39.7 Å². The molecule has 0 spiro atoms. The molecular formula is C29H44N2O5. The first kappa shape index (κ1) is 27.1. The molecule has 0 saturated heterocycles. The number of rotatable bonds is 8. The normalized spacial score (nSPS) is 42.2. The van der Waals surface area contributed by atoms with E-state index in [-0.39, 0.29) is 34.9 Å². The van der Waals surface area contributed by atoms with Crippen LogP contribution in [0.15, 0.2) is 29.0 Å². The SMILES string of the molecule is CCC(=O)[C@@]1(O)CC[C@H]2[C@@H]3C[C@H](C)C4=C/C(=N\OCCCCNC(C)=O)C=C[C@]4(C)[C@H]3[C@@H](O)C[C@@]21C. The number of ketones is 1. The summed E-state index contributed by atoms with van der Waals surface area (Å²) in [7, 11) is 0. The number of amides is 1. The van der Waals surface area contributed by atoms with Crippen LogP contribution in [-0.4, -0.2) is 52.5 Å². The van der Waals surface area contributed by atoms with E-state index in [0.717, 1.165) is 31.4 Å². The van der Waals surface area contributed by atoms with E-state index < -0.39 is 17.1 Å². The largest absolute Gasteiger partial charge is 0.395 e. The maximum absolute atomic E-state index is 12.8. The molecular weight excluding hydrogens is 456 g/mol. The second-order valence-corrected chi connectivity index (χ2v) is 12.1. The van der Waals surface area contributed by atoms with Crippen LogP contribution >= 0.6 is 0 Å². The maximum Gasteiger partial charge on any atom is 0.216 e. The van der Waals surface area contributed by atoms with E-state index in [1.807, 2.05) is 19.9 Å². The molecule has 0 unspecified atom stereocenters. The number of allylic oxidation sites excluding steroid dienone is 4. The molecule has 0 aromatic carbocycles. The van der Waals surface area contributed by atoms with Gasteiger partial charge in [0.15, 0.2) is 5.78 Å². The van der Waals surface area contributed by atoms with Crippen molar-refractivity contribution in [3.8, 4) is 0 Å². The number of unbranched alkanes of at least 4 members (excludes halogenated alkanes) is 1. The molecule has 3 N–H and O–H groups in total. The summed E-state index contributed by atoms with van der Waals surface area (Å²) in [6, 6.07) is 0. The summed E-state index contributed by atoms with van der Waals surface area (Å²) in [6.07, 6.45) is 10.4. The third-order valence-corrected chi connectivity index (χ3v) is 9.97. The fourth-order valence-corrected chi connectivity index (χ4v) is 8.25. The van der Waals surface area contributed by atoms with Crippen molar-refractivity contribution in [3.05, 3.63) is 23.8 Å². The molecule has 4 rings (SSSR count). The zero-order chi connectivity index (χ0) is 26.3. The molecule has 0 aliphatic heterocycles. The molecule has 3 fully saturated rings. The van der Waals surface area contributed by atoms with Gasteiger partial charge in [-0.05, 0) is 68.4 Å². The van der Waals surface area contributed by atoms with E-state index in [1.54, 1.807) is 0 Å². The van der Waals surface area contributed by atoms with Crippen molar-refractivity contribution in [2.75, 3.05) is 13.2 Å². The fraction of sp³-hybridized carbons (Fsp3) is 0.759. The number of hydrogen-bond acceptors (Lipinski definition) is 6. The summed E-state index contributed by atoms with van der Waals surface area (Å²) in [5.74, 6) is 0.711. The monoisotopic (exact) mass is 500 g/mol. The van der Waals surface area contributed by atoms with Crippen LogP contribution in [0.2, 0.25) is 0 Å². The first-order valence-corrected chi connectivity index (χ1v) is 13.8. The van der Waals surface area contributed by atoms with Crippen molar-refractivity contribution in [2.45, 2.75) is 91.3 Å². The molecule has 36 heavy (non-hydrogen) atoms. The molecule has 0 bridgehead atoms. The Kier molecular flexibility index (Phi) is 7.55. The second kappa shape index (κ2) is 10.1. The number of fused-ring (bicyclic) bond motifs is 5. The number of nitrogens with one attached hydrogen (secondary N) is 1.